The predicted octanol–water partition coefficient (Wildman–Crippen LogP) is 1.79. The normalized spacial score (nSPS) is 14.9. The molecule has 0 saturated heterocycles. The lowest BCUT2D eigenvalue weighted by molar-refractivity contribution is -0.948. The minimum atomic E-state index is -0.780. The van der Waals surface area contributed by atoms with Gasteiger partial charge in [0.2, 0.25) is 5.91 Å². The van der Waals surface area contributed by atoms with Gasteiger partial charge >= 0.3 is 0 Å². The first-order valence-corrected chi connectivity index (χ1v) is 8.29. The lowest BCUT2D eigenvalue weighted by Crippen LogP contribution is -2.66. The van der Waals surface area contributed by atoms with Gasteiger partial charge in [0.05, 0.1) is 41.8 Å². The third-order valence-corrected chi connectivity index (χ3v) is 4.26. The zero-order chi connectivity index (χ0) is 20.0. The number of carbonyl (C=O) groups excluding carboxylic acids is 1. The average Bonchev–Trinajstić information content (AvgIpc) is 2.33. The van der Waals surface area contributed by atoms with Gasteiger partial charge in [0.1, 0.15) is 18.6 Å². The van der Waals surface area contributed by atoms with Crippen molar-refractivity contribution >= 4 is 5.91 Å². The van der Waals surface area contributed by atoms with Gasteiger partial charge in [-0.1, -0.05) is 6.58 Å². The highest BCUT2D eigenvalue weighted by atomic mass is 16.3. The summed E-state index contributed by atoms with van der Waals surface area (Å²) in [4.78, 5) is 11.7. The van der Waals surface area contributed by atoms with E-state index in [-0.39, 0.29) is 11.4 Å². The Hall–Kier alpha value is -1.17. The predicted molar refractivity (Wildman–Crippen MR) is 104 cm³/mol. The molecule has 5 nitrogen and oxygen atoms in total. The molecule has 24 heavy (non-hydrogen) atoms. The third-order valence-electron chi connectivity index (χ3n) is 4.26. The number of likely N-dealkylation sites (N-methyl/N-ethyl adjacent to an activating group) is 2. The molecule has 1 unspecified atom stereocenters. The van der Waals surface area contributed by atoms with Crippen LogP contribution in [0.15, 0.2) is 25.3 Å². The number of amides is 1. The number of carbonyl (C=O) groups is 1. The molecule has 0 bridgehead atoms. The zero-order valence-corrected chi connectivity index (χ0v) is 17.5. The topological polar surface area (TPSA) is 49.3 Å². The number of nitrogens with zero attached hydrogens (tertiary/aromatic N) is 2. The van der Waals surface area contributed by atoms with E-state index in [0.717, 1.165) is 0 Å². The van der Waals surface area contributed by atoms with E-state index in [1.54, 1.807) is 6.92 Å². The van der Waals surface area contributed by atoms with Gasteiger partial charge in [0, 0.05) is 5.57 Å². The average molecular weight is 344 g/mol. The van der Waals surface area contributed by atoms with Crippen LogP contribution >= 0.6 is 0 Å². The summed E-state index contributed by atoms with van der Waals surface area (Å²) in [6.45, 7) is 19.3. The van der Waals surface area contributed by atoms with Gasteiger partial charge in [0.25, 0.3) is 0 Å². The molecule has 0 aromatic carbocycles. The summed E-state index contributed by atoms with van der Waals surface area (Å²) >= 11 is 0. The summed E-state index contributed by atoms with van der Waals surface area (Å²) in [5, 5.41) is 13.7. The number of aliphatic hydroxyl groups is 1. The lowest BCUT2D eigenvalue weighted by atomic mass is 9.95. The van der Waals surface area contributed by atoms with Crippen molar-refractivity contribution in [3.8, 4) is 0 Å². The molecule has 0 aliphatic heterocycles. The second-order valence-electron chi connectivity index (χ2n) is 9.06. The number of hydrogen-bond acceptors (Lipinski definition) is 2. The Morgan fingerprint density at radius 3 is 1.79 bits per heavy atom. The Labute approximate surface area is 149 Å². The van der Waals surface area contributed by atoms with Crippen molar-refractivity contribution in [2.24, 2.45) is 0 Å². The number of rotatable bonds is 8. The van der Waals surface area contributed by atoms with Crippen LogP contribution in [0.2, 0.25) is 0 Å². The molecule has 2 N–H and O–H groups in total. The van der Waals surface area contributed by atoms with Crippen molar-refractivity contribution in [3.05, 3.63) is 25.3 Å². The first kappa shape index (κ1) is 25.1. The maximum absolute atomic E-state index is 11.7. The zero-order valence-electron chi connectivity index (χ0n) is 17.5. The molecule has 0 aliphatic carbocycles. The van der Waals surface area contributed by atoms with E-state index < -0.39 is 5.60 Å². The monoisotopic (exact) mass is 343 g/mol. The van der Waals surface area contributed by atoms with Crippen LogP contribution in [0.5, 0.6) is 0 Å². The molecule has 1 amide bonds. The van der Waals surface area contributed by atoms with Gasteiger partial charge in [-0.05, 0) is 27.7 Å². The third kappa shape index (κ3) is 9.21. The van der Waals surface area contributed by atoms with Crippen LogP contribution in [0.1, 0.15) is 27.7 Å². The minimum absolute atomic E-state index is 0.119. The summed E-state index contributed by atoms with van der Waals surface area (Å²) in [5.41, 5.74) is -0.477. The van der Waals surface area contributed by atoms with Crippen LogP contribution in [0, 0.1) is 0 Å². The second kappa shape index (κ2) is 8.79. The molecule has 142 valence electrons. The molecular formula is C19H41N3O2+2. The molecule has 0 heterocycles. The fourth-order valence-corrected chi connectivity index (χ4v) is 2.80. The minimum Gasteiger partial charge on any atom is -0.379 e. The van der Waals surface area contributed by atoms with Crippen LogP contribution in [0.4, 0.5) is 0 Å². The summed E-state index contributed by atoms with van der Waals surface area (Å²) in [5.74, 6) is -0.119. The Morgan fingerprint density at radius 1 is 1.04 bits per heavy atom. The summed E-state index contributed by atoms with van der Waals surface area (Å²) in [6.07, 6.45) is 0. The van der Waals surface area contributed by atoms with Crippen molar-refractivity contribution in [2.75, 3.05) is 54.9 Å². The molecule has 0 aliphatic rings. The molecule has 0 radical (unpaired) electrons. The molecule has 0 aromatic rings. The smallest absolute Gasteiger partial charge is 0.246 e. The highest BCUT2D eigenvalue weighted by Gasteiger charge is 2.43. The van der Waals surface area contributed by atoms with E-state index in [4.69, 9.17) is 0 Å². The first-order valence-electron chi connectivity index (χ1n) is 8.29. The molecule has 0 aromatic heterocycles. The molecule has 0 rings (SSSR count). The molecule has 0 saturated carbocycles. The van der Waals surface area contributed by atoms with E-state index in [1.807, 2.05) is 6.92 Å². The molecular weight excluding hydrogens is 302 g/mol. The van der Waals surface area contributed by atoms with Gasteiger partial charge in [-0.3, -0.25) is 4.79 Å². The quantitative estimate of drug-likeness (QED) is 0.401. The maximum atomic E-state index is 11.7. The molecule has 0 spiro atoms. The number of hydrogen-bond donors (Lipinski definition) is 2. The van der Waals surface area contributed by atoms with Gasteiger partial charge < -0.3 is 19.4 Å². The van der Waals surface area contributed by atoms with E-state index >= 15 is 0 Å². The van der Waals surface area contributed by atoms with Crippen LogP contribution in [0.3, 0.4) is 0 Å². The van der Waals surface area contributed by atoms with Gasteiger partial charge in [0.15, 0.2) is 5.60 Å². The lowest BCUT2D eigenvalue weighted by Gasteiger charge is -2.48. The van der Waals surface area contributed by atoms with Gasteiger partial charge in [-0.25, -0.2) is 0 Å². The number of nitrogens with one attached hydrogen (secondary N) is 1. The maximum Gasteiger partial charge on any atom is 0.246 e. The Balaban J connectivity index is 0. The van der Waals surface area contributed by atoms with Crippen molar-refractivity contribution in [1.82, 2.24) is 5.32 Å². The molecule has 0 fully saturated rings. The Kier molecular flexibility index (Phi) is 9.18. The van der Waals surface area contributed by atoms with Crippen LogP contribution in [-0.4, -0.2) is 86.0 Å². The van der Waals surface area contributed by atoms with Crippen LogP contribution in [-0.2, 0) is 4.79 Å². The van der Waals surface area contributed by atoms with Gasteiger partial charge in [-0.2, -0.15) is 0 Å². The highest BCUT2D eigenvalue weighted by molar-refractivity contribution is 5.92. The SMILES string of the molecule is C=C.C=C(C)C(=O)NCC(C)(C)[N+](C)(C)CC(C)(O)C[N+](C)(C)C. The fraction of sp³-hybridized carbons (Fsp3) is 0.737. The van der Waals surface area contributed by atoms with Crippen LogP contribution in [0.25, 0.3) is 0 Å². The van der Waals surface area contributed by atoms with Gasteiger partial charge in [-0.15, -0.1) is 13.2 Å². The summed E-state index contributed by atoms with van der Waals surface area (Å²) in [7, 11) is 10.4. The summed E-state index contributed by atoms with van der Waals surface area (Å²) in [6, 6.07) is 0. The van der Waals surface area contributed by atoms with Crippen molar-refractivity contribution in [2.45, 2.75) is 38.8 Å². The molecule has 1 atom stereocenters. The van der Waals surface area contributed by atoms with E-state index in [2.05, 4.69) is 74.1 Å². The Morgan fingerprint density at radius 2 is 1.46 bits per heavy atom. The van der Waals surface area contributed by atoms with Crippen molar-refractivity contribution in [1.29, 1.82) is 0 Å². The highest BCUT2D eigenvalue weighted by Crippen LogP contribution is 2.24. The van der Waals surface area contributed by atoms with Crippen molar-refractivity contribution in [3.63, 3.8) is 0 Å². The molecule has 5 heteroatoms. The largest absolute Gasteiger partial charge is 0.379 e. The first-order chi connectivity index (χ1) is 10.5. The van der Waals surface area contributed by atoms with E-state index in [0.29, 0.717) is 34.2 Å². The van der Waals surface area contributed by atoms with Crippen LogP contribution < -0.4 is 5.32 Å². The fourth-order valence-electron chi connectivity index (χ4n) is 2.80. The summed E-state index contributed by atoms with van der Waals surface area (Å²) < 4.78 is 1.32. The van der Waals surface area contributed by atoms with E-state index in [1.165, 1.54) is 0 Å². The Bertz CT molecular complexity index is 432. The number of quaternary nitrogens is 2. The standard InChI is InChI=1S/C17H36N3O2.C2H4/c1-14(2)15(21)18-11-16(3,4)20(9,10)13-17(5,22)12-19(6,7)8;1-2/h22H,1,11-13H2,2-10H3;1-2H2/q+1;/p+1. The second-order valence-corrected chi connectivity index (χ2v) is 9.06. The van der Waals surface area contributed by atoms with E-state index in [9.17, 15) is 9.90 Å². The van der Waals surface area contributed by atoms with Crippen molar-refractivity contribution < 1.29 is 18.9 Å².